The summed E-state index contributed by atoms with van der Waals surface area (Å²) >= 11 is 6.14. The van der Waals surface area contributed by atoms with Crippen molar-refractivity contribution in [3.63, 3.8) is 0 Å². The molecule has 0 saturated carbocycles. The monoisotopic (exact) mass is 411 g/mol. The largest absolute Gasteiger partial charge is 0.449 e. The van der Waals surface area contributed by atoms with Gasteiger partial charge in [0, 0.05) is 18.0 Å². The Labute approximate surface area is 174 Å². The highest BCUT2D eigenvalue weighted by Crippen LogP contribution is 2.24. The number of nitrogens with one attached hydrogen (secondary N) is 1. The number of benzene rings is 1. The van der Waals surface area contributed by atoms with Gasteiger partial charge in [-0.15, -0.1) is 0 Å². The van der Waals surface area contributed by atoms with E-state index in [4.69, 9.17) is 16.3 Å². The van der Waals surface area contributed by atoms with E-state index in [2.05, 4.69) is 10.3 Å². The van der Waals surface area contributed by atoms with E-state index in [1.54, 1.807) is 10.6 Å². The van der Waals surface area contributed by atoms with E-state index >= 15 is 0 Å². The van der Waals surface area contributed by atoms with Crippen molar-refractivity contribution >= 4 is 40.9 Å². The first-order chi connectivity index (χ1) is 13.9. The molecule has 29 heavy (non-hydrogen) atoms. The fraction of sp³-hybridized carbons (Fsp3) is 0.227. The average Bonchev–Trinajstić information content (AvgIpc) is 3.01. The maximum absolute atomic E-state index is 12.4. The van der Waals surface area contributed by atoms with E-state index in [1.165, 1.54) is 19.1 Å². The molecule has 0 unspecified atom stereocenters. The third kappa shape index (κ3) is 4.84. The summed E-state index contributed by atoms with van der Waals surface area (Å²) in [6.45, 7) is 5.62. The van der Waals surface area contributed by atoms with E-state index in [0.29, 0.717) is 17.0 Å². The number of rotatable bonds is 6. The lowest BCUT2D eigenvalue weighted by Crippen LogP contribution is -2.29. The van der Waals surface area contributed by atoms with Crippen LogP contribution < -0.4 is 5.32 Å². The molecule has 0 fully saturated rings. The third-order valence-corrected chi connectivity index (χ3v) is 4.68. The van der Waals surface area contributed by atoms with Gasteiger partial charge in [0.15, 0.2) is 11.3 Å². The molecule has 1 atom stereocenters. The number of hydrogen-bond donors (Lipinski definition) is 1. The topological polar surface area (TPSA) is 72.7 Å². The summed E-state index contributed by atoms with van der Waals surface area (Å²) in [4.78, 5) is 28.8. The maximum Gasteiger partial charge on any atom is 0.331 e. The van der Waals surface area contributed by atoms with Crippen LogP contribution in [0, 0.1) is 0 Å². The molecule has 3 aromatic rings. The van der Waals surface area contributed by atoms with Crippen LogP contribution in [0.15, 0.2) is 54.7 Å². The highest BCUT2D eigenvalue weighted by atomic mass is 35.5. The summed E-state index contributed by atoms with van der Waals surface area (Å²) < 4.78 is 6.98. The number of nitrogens with zero attached hydrogens (tertiary/aromatic N) is 2. The summed E-state index contributed by atoms with van der Waals surface area (Å²) in [5, 5.41) is 3.10. The Bertz CT molecular complexity index is 1070. The number of halogens is 1. The van der Waals surface area contributed by atoms with Crippen LogP contribution >= 0.6 is 11.6 Å². The Kier molecular flexibility index (Phi) is 6.34. The van der Waals surface area contributed by atoms with E-state index in [-0.39, 0.29) is 11.1 Å². The van der Waals surface area contributed by atoms with Gasteiger partial charge in [-0.25, -0.2) is 9.78 Å². The van der Waals surface area contributed by atoms with Crippen molar-refractivity contribution in [2.75, 3.05) is 5.32 Å². The van der Waals surface area contributed by atoms with Crippen molar-refractivity contribution in [2.24, 2.45) is 0 Å². The molecule has 0 aliphatic carbocycles. The molecular weight excluding hydrogens is 390 g/mol. The zero-order valence-corrected chi connectivity index (χ0v) is 17.2. The third-order valence-electron chi connectivity index (χ3n) is 4.40. The van der Waals surface area contributed by atoms with Gasteiger partial charge in [0.1, 0.15) is 5.65 Å². The van der Waals surface area contributed by atoms with Crippen LogP contribution in [-0.2, 0) is 14.3 Å². The number of esters is 1. The van der Waals surface area contributed by atoms with Gasteiger partial charge in [-0.2, -0.15) is 0 Å². The fourth-order valence-electron chi connectivity index (χ4n) is 2.90. The lowest BCUT2D eigenvalue weighted by atomic mass is 10.0. The Morgan fingerprint density at radius 3 is 2.62 bits per heavy atom. The number of amides is 1. The minimum Gasteiger partial charge on any atom is -0.449 e. The van der Waals surface area contributed by atoms with Gasteiger partial charge in [-0.05, 0) is 42.7 Å². The number of pyridine rings is 1. The lowest BCUT2D eigenvalue weighted by Gasteiger charge is -2.16. The van der Waals surface area contributed by atoms with Crippen LogP contribution in [0.2, 0.25) is 5.15 Å². The number of carbonyl (C=O) groups is 2. The predicted molar refractivity (Wildman–Crippen MR) is 114 cm³/mol. The number of hydrogen-bond acceptors (Lipinski definition) is 4. The first-order valence-electron chi connectivity index (χ1n) is 9.28. The van der Waals surface area contributed by atoms with Gasteiger partial charge in [0.25, 0.3) is 5.91 Å². The highest BCUT2D eigenvalue weighted by Gasteiger charge is 2.18. The van der Waals surface area contributed by atoms with Crippen molar-refractivity contribution in [3.05, 3.63) is 71.1 Å². The van der Waals surface area contributed by atoms with E-state index in [1.807, 2.05) is 56.3 Å². The van der Waals surface area contributed by atoms with Gasteiger partial charge in [-0.3, -0.25) is 9.20 Å². The molecular formula is C22H22ClN3O3. The predicted octanol–water partition coefficient (Wildman–Crippen LogP) is 4.69. The summed E-state index contributed by atoms with van der Waals surface area (Å²) in [6, 6.07) is 13.0. The zero-order valence-electron chi connectivity index (χ0n) is 16.4. The van der Waals surface area contributed by atoms with E-state index in [9.17, 15) is 9.59 Å². The number of ether oxygens (including phenoxy) is 1. The second-order valence-electron chi connectivity index (χ2n) is 6.86. The summed E-state index contributed by atoms with van der Waals surface area (Å²) in [5.41, 5.74) is 2.95. The number of para-hydroxylation sites is 1. The van der Waals surface area contributed by atoms with E-state index < -0.39 is 18.0 Å². The molecule has 0 saturated heterocycles. The molecule has 2 aromatic heterocycles. The number of aromatic nitrogens is 2. The average molecular weight is 412 g/mol. The first-order valence-corrected chi connectivity index (χ1v) is 9.65. The molecule has 0 spiro atoms. The molecule has 1 amide bonds. The lowest BCUT2D eigenvalue weighted by molar-refractivity contribution is -0.148. The maximum atomic E-state index is 12.4. The van der Waals surface area contributed by atoms with Crippen molar-refractivity contribution in [3.8, 4) is 0 Å². The van der Waals surface area contributed by atoms with Crippen LogP contribution in [0.4, 0.5) is 5.69 Å². The van der Waals surface area contributed by atoms with Crippen molar-refractivity contribution in [1.29, 1.82) is 0 Å². The second kappa shape index (κ2) is 8.92. The fourth-order valence-corrected chi connectivity index (χ4v) is 3.14. The molecule has 0 radical (unpaired) electrons. The molecule has 3 rings (SSSR count). The molecule has 7 heteroatoms. The normalized spacial score (nSPS) is 12.4. The van der Waals surface area contributed by atoms with Gasteiger partial charge in [0.2, 0.25) is 0 Å². The van der Waals surface area contributed by atoms with Crippen molar-refractivity contribution in [1.82, 2.24) is 9.38 Å². The number of carbonyl (C=O) groups excluding carboxylic acids is 2. The molecule has 0 aliphatic heterocycles. The Balaban J connectivity index is 1.65. The van der Waals surface area contributed by atoms with Crippen LogP contribution in [0.1, 0.15) is 37.9 Å². The van der Waals surface area contributed by atoms with Gasteiger partial charge in [0.05, 0.1) is 5.69 Å². The highest BCUT2D eigenvalue weighted by molar-refractivity contribution is 6.31. The van der Waals surface area contributed by atoms with Crippen LogP contribution in [-0.4, -0.2) is 27.4 Å². The van der Waals surface area contributed by atoms with Gasteiger partial charge >= 0.3 is 5.97 Å². The van der Waals surface area contributed by atoms with Crippen LogP contribution in [0.25, 0.3) is 11.7 Å². The summed E-state index contributed by atoms with van der Waals surface area (Å²) in [6.07, 6.45) is 3.59. The summed E-state index contributed by atoms with van der Waals surface area (Å²) in [5.74, 6) is -0.790. The summed E-state index contributed by atoms with van der Waals surface area (Å²) in [7, 11) is 0. The SMILES string of the molecule is CC(C)c1ccccc1NC(=O)[C@H](C)OC(=O)/C=C/c1c(Cl)nc2ccccn12. The molecule has 6 nitrogen and oxygen atoms in total. The molecule has 0 aliphatic rings. The Morgan fingerprint density at radius 2 is 1.86 bits per heavy atom. The first kappa shape index (κ1) is 20.6. The number of imidazole rings is 1. The number of fused-ring (bicyclic) bond motifs is 1. The molecule has 0 bridgehead atoms. The van der Waals surface area contributed by atoms with Gasteiger partial charge < -0.3 is 10.1 Å². The van der Waals surface area contributed by atoms with Crippen LogP contribution in [0.5, 0.6) is 0 Å². The molecule has 1 N–H and O–H groups in total. The zero-order chi connectivity index (χ0) is 21.0. The Hall–Kier alpha value is -3.12. The van der Waals surface area contributed by atoms with E-state index in [0.717, 1.165) is 5.56 Å². The second-order valence-corrected chi connectivity index (χ2v) is 7.22. The quantitative estimate of drug-likeness (QED) is 0.471. The van der Waals surface area contributed by atoms with Crippen molar-refractivity contribution in [2.45, 2.75) is 32.8 Å². The van der Waals surface area contributed by atoms with Gasteiger partial charge in [-0.1, -0.05) is 49.7 Å². The smallest absolute Gasteiger partial charge is 0.331 e. The number of anilines is 1. The molecule has 2 heterocycles. The van der Waals surface area contributed by atoms with Crippen LogP contribution in [0.3, 0.4) is 0 Å². The molecule has 150 valence electrons. The minimum atomic E-state index is -0.954. The van der Waals surface area contributed by atoms with Crippen molar-refractivity contribution < 1.29 is 14.3 Å². The molecule has 1 aromatic carbocycles. The minimum absolute atomic E-state index is 0.252. The Morgan fingerprint density at radius 1 is 1.14 bits per heavy atom. The standard InChI is InChI=1S/C22H22ClN3O3/c1-14(2)16-8-4-5-9-17(16)24-22(28)15(3)29-20(27)12-11-18-21(23)25-19-10-6-7-13-26(18)19/h4-15H,1-3H3,(H,24,28)/b12-11+/t15-/m0/s1.